The van der Waals surface area contributed by atoms with E-state index in [9.17, 15) is 5.11 Å². The fourth-order valence-corrected chi connectivity index (χ4v) is 3.56. The molecule has 2 rings (SSSR count). The number of aliphatic hydroxyl groups is 1. The lowest BCUT2D eigenvalue weighted by Gasteiger charge is -2.40. The van der Waals surface area contributed by atoms with Crippen molar-refractivity contribution in [2.24, 2.45) is 0 Å². The molecule has 0 aliphatic carbocycles. The second kappa shape index (κ2) is 8.70. The largest absolute Gasteiger partial charge is 0.491 e. The molecule has 1 aliphatic rings. The standard InChI is InChI=1S/C20H33NO2/c1-5-15(2)19-11-6-7-12-20(19)23-14-18(22)13-21-16(3)9-8-10-17(21)4/h6-7,11-12,15-18,22H,5,8-10,13-14H2,1-4H3/t15-,16-,17+,18-/m0/s1. The van der Waals surface area contributed by atoms with Gasteiger partial charge in [-0.15, -0.1) is 0 Å². The van der Waals surface area contributed by atoms with Gasteiger partial charge in [0.1, 0.15) is 18.5 Å². The Morgan fingerprint density at radius 1 is 1.22 bits per heavy atom. The first-order chi connectivity index (χ1) is 11.0. The third-order valence-electron chi connectivity index (χ3n) is 5.29. The van der Waals surface area contributed by atoms with E-state index in [4.69, 9.17) is 4.74 Å². The summed E-state index contributed by atoms with van der Waals surface area (Å²) in [5, 5.41) is 10.4. The number of piperidine rings is 1. The summed E-state index contributed by atoms with van der Waals surface area (Å²) in [4.78, 5) is 2.43. The van der Waals surface area contributed by atoms with Crippen LogP contribution >= 0.6 is 0 Å². The number of benzene rings is 1. The zero-order chi connectivity index (χ0) is 16.8. The number of β-amino-alcohol motifs (C(OH)–C–C–N with tert-alkyl or cyclic N) is 1. The number of likely N-dealkylation sites (tertiary alicyclic amines) is 1. The summed E-state index contributed by atoms with van der Waals surface area (Å²) in [5.74, 6) is 1.39. The molecule has 0 aromatic heterocycles. The van der Waals surface area contributed by atoms with Crippen molar-refractivity contribution < 1.29 is 9.84 Å². The van der Waals surface area contributed by atoms with Gasteiger partial charge in [0.05, 0.1) is 0 Å². The van der Waals surface area contributed by atoms with Crippen molar-refractivity contribution in [3.8, 4) is 5.75 Å². The van der Waals surface area contributed by atoms with Crippen LogP contribution in [0.1, 0.15) is 64.9 Å². The van der Waals surface area contributed by atoms with Crippen molar-refractivity contribution in [2.45, 2.75) is 77.5 Å². The Morgan fingerprint density at radius 2 is 1.87 bits per heavy atom. The number of aliphatic hydroxyl groups excluding tert-OH is 1. The Bertz CT molecular complexity index is 466. The molecule has 1 aromatic carbocycles. The Labute approximate surface area is 141 Å². The monoisotopic (exact) mass is 319 g/mol. The van der Waals surface area contributed by atoms with E-state index >= 15 is 0 Å². The molecule has 23 heavy (non-hydrogen) atoms. The van der Waals surface area contributed by atoms with E-state index in [0.29, 0.717) is 31.2 Å². The second-order valence-electron chi connectivity index (χ2n) is 7.14. The maximum atomic E-state index is 10.4. The topological polar surface area (TPSA) is 32.7 Å². The number of ether oxygens (including phenoxy) is 1. The van der Waals surface area contributed by atoms with Gasteiger partial charge < -0.3 is 9.84 Å². The Hall–Kier alpha value is -1.06. The molecule has 1 aliphatic heterocycles. The van der Waals surface area contributed by atoms with Gasteiger partial charge in [-0.1, -0.05) is 38.5 Å². The average molecular weight is 319 g/mol. The first-order valence-corrected chi connectivity index (χ1v) is 9.18. The third kappa shape index (κ3) is 4.95. The van der Waals surface area contributed by atoms with E-state index in [1.807, 2.05) is 12.1 Å². The van der Waals surface area contributed by atoms with Crippen LogP contribution in [0.3, 0.4) is 0 Å². The summed E-state index contributed by atoms with van der Waals surface area (Å²) < 4.78 is 5.96. The van der Waals surface area contributed by atoms with E-state index in [-0.39, 0.29) is 0 Å². The molecule has 3 nitrogen and oxygen atoms in total. The molecule has 0 radical (unpaired) electrons. The second-order valence-corrected chi connectivity index (χ2v) is 7.14. The van der Waals surface area contributed by atoms with E-state index < -0.39 is 6.10 Å². The van der Waals surface area contributed by atoms with E-state index in [0.717, 1.165) is 12.2 Å². The van der Waals surface area contributed by atoms with Gasteiger partial charge in [0.25, 0.3) is 0 Å². The first-order valence-electron chi connectivity index (χ1n) is 9.18. The fourth-order valence-electron chi connectivity index (χ4n) is 3.56. The minimum atomic E-state index is -0.442. The van der Waals surface area contributed by atoms with Crippen molar-refractivity contribution in [2.75, 3.05) is 13.2 Å². The van der Waals surface area contributed by atoms with Gasteiger partial charge in [0, 0.05) is 18.6 Å². The molecule has 1 saturated heterocycles. The molecule has 4 atom stereocenters. The van der Waals surface area contributed by atoms with Gasteiger partial charge in [-0.2, -0.15) is 0 Å². The van der Waals surface area contributed by atoms with Gasteiger partial charge in [0.2, 0.25) is 0 Å². The van der Waals surface area contributed by atoms with Crippen LogP contribution in [0.4, 0.5) is 0 Å². The molecule has 130 valence electrons. The molecule has 1 aromatic rings. The molecule has 0 bridgehead atoms. The number of hydrogen-bond acceptors (Lipinski definition) is 3. The van der Waals surface area contributed by atoms with Gasteiger partial charge in [0.15, 0.2) is 0 Å². The molecular weight excluding hydrogens is 286 g/mol. The summed E-state index contributed by atoms with van der Waals surface area (Å²) in [6.45, 7) is 10.0. The van der Waals surface area contributed by atoms with E-state index in [1.165, 1.54) is 24.8 Å². The Kier molecular flexibility index (Phi) is 6.91. The summed E-state index contributed by atoms with van der Waals surface area (Å²) in [7, 11) is 0. The van der Waals surface area contributed by atoms with Crippen molar-refractivity contribution in [1.82, 2.24) is 4.90 Å². The lowest BCUT2D eigenvalue weighted by molar-refractivity contribution is 0.0207. The van der Waals surface area contributed by atoms with Gasteiger partial charge >= 0.3 is 0 Å². The van der Waals surface area contributed by atoms with Crippen molar-refractivity contribution in [3.63, 3.8) is 0 Å². The van der Waals surface area contributed by atoms with Crippen LogP contribution in [0.25, 0.3) is 0 Å². The molecule has 3 heteroatoms. The van der Waals surface area contributed by atoms with E-state index in [1.54, 1.807) is 0 Å². The molecule has 0 spiro atoms. The van der Waals surface area contributed by atoms with Crippen molar-refractivity contribution >= 4 is 0 Å². The minimum Gasteiger partial charge on any atom is -0.491 e. The van der Waals surface area contributed by atoms with Gasteiger partial charge in [-0.05, 0) is 50.7 Å². The lowest BCUT2D eigenvalue weighted by Crippen LogP contribution is -2.48. The third-order valence-corrected chi connectivity index (χ3v) is 5.29. The van der Waals surface area contributed by atoms with Crippen LogP contribution in [0.15, 0.2) is 24.3 Å². The highest BCUT2D eigenvalue weighted by Crippen LogP contribution is 2.28. The van der Waals surface area contributed by atoms with Crippen LogP contribution in [0.2, 0.25) is 0 Å². The SMILES string of the molecule is CC[C@H](C)c1ccccc1OC[C@@H](O)CN1[C@H](C)CCC[C@@H]1C. The molecular formula is C20H33NO2. The van der Waals surface area contributed by atoms with Crippen molar-refractivity contribution in [1.29, 1.82) is 0 Å². The number of para-hydroxylation sites is 1. The number of hydrogen-bond donors (Lipinski definition) is 1. The highest BCUT2D eigenvalue weighted by molar-refractivity contribution is 5.35. The molecule has 0 saturated carbocycles. The summed E-state index contributed by atoms with van der Waals surface area (Å²) in [6, 6.07) is 9.32. The van der Waals surface area contributed by atoms with Crippen molar-refractivity contribution in [3.05, 3.63) is 29.8 Å². The maximum absolute atomic E-state index is 10.4. The fraction of sp³-hybridized carbons (Fsp3) is 0.700. The smallest absolute Gasteiger partial charge is 0.122 e. The van der Waals surface area contributed by atoms with Crippen LogP contribution < -0.4 is 4.74 Å². The maximum Gasteiger partial charge on any atom is 0.122 e. The molecule has 0 amide bonds. The molecule has 0 unspecified atom stereocenters. The Balaban J connectivity index is 1.90. The van der Waals surface area contributed by atoms with Crippen LogP contribution in [-0.4, -0.2) is 41.3 Å². The Morgan fingerprint density at radius 3 is 2.52 bits per heavy atom. The van der Waals surface area contributed by atoms with Gasteiger partial charge in [-0.25, -0.2) is 0 Å². The quantitative estimate of drug-likeness (QED) is 0.817. The minimum absolute atomic E-state index is 0.364. The van der Waals surface area contributed by atoms with Crippen LogP contribution in [0.5, 0.6) is 5.75 Å². The highest BCUT2D eigenvalue weighted by atomic mass is 16.5. The predicted octanol–water partition coefficient (Wildman–Crippen LogP) is 4.20. The number of nitrogens with zero attached hydrogens (tertiary/aromatic N) is 1. The average Bonchev–Trinajstić information content (AvgIpc) is 2.56. The molecule has 1 heterocycles. The normalized spacial score (nSPS) is 25.1. The zero-order valence-corrected chi connectivity index (χ0v) is 15.2. The van der Waals surface area contributed by atoms with Gasteiger partial charge in [-0.3, -0.25) is 4.90 Å². The predicted molar refractivity (Wildman–Crippen MR) is 96.1 cm³/mol. The summed E-state index contributed by atoms with van der Waals surface area (Å²) in [5.41, 5.74) is 1.24. The highest BCUT2D eigenvalue weighted by Gasteiger charge is 2.26. The van der Waals surface area contributed by atoms with Crippen LogP contribution in [0, 0.1) is 0 Å². The summed E-state index contributed by atoms with van der Waals surface area (Å²) in [6.07, 6.45) is 4.41. The molecule has 1 N–H and O–H groups in total. The lowest BCUT2D eigenvalue weighted by atomic mass is 9.97. The summed E-state index contributed by atoms with van der Waals surface area (Å²) >= 11 is 0. The van der Waals surface area contributed by atoms with Crippen LogP contribution in [-0.2, 0) is 0 Å². The molecule has 1 fully saturated rings. The number of rotatable bonds is 7. The first kappa shape index (κ1) is 18.3. The zero-order valence-electron chi connectivity index (χ0n) is 15.2. The van der Waals surface area contributed by atoms with E-state index in [2.05, 4.69) is 44.7 Å².